The van der Waals surface area contributed by atoms with Gasteiger partial charge in [-0.25, -0.2) is 4.79 Å². The first-order valence-electron chi connectivity index (χ1n) is 7.82. The molecular weight excluding hydrogens is 318 g/mol. The summed E-state index contributed by atoms with van der Waals surface area (Å²) in [6.45, 7) is 0.350. The highest BCUT2D eigenvalue weighted by Gasteiger charge is 2.07. The van der Waals surface area contributed by atoms with Crippen molar-refractivity contribution in [3.05, 3.63) is 88.7 Å². The molecule has 2 aromatic carbocycles. The van der Waals surface area contributed by atoms with Crippen LogP contribution in [0.5, 0.6) is 0 Å². The van der Waals surface area contributed by atoms with Crippen LogP contribution in [0.25, 0.3) is 16.8 Å². The summed E-state index contributed by atoms with van der Waals surface area (Å²) in [4.78, 5) is 26.0. The van der Waals surface area contributed by atoms with Gasteiger partial charge < -0.3 is 14.3 Å². The van der Waals surface area contributed by atoms with Gasteiger partial charge >= 0.3 is 5.76 Å². The molecule has 2 heterocycles. The largest absolute Gasteiger partial charge is 0.417 e. The SMILES string of the molecule is O=C(NCc1ccc2[nH]c(=O)oc2c1)c1ccc(-n2cccc2)cc1. The van der Waals surface area contributed by atoms with Gasteiger partial charge in [0.05, 0.1) is 5.52 Å². The predicted octanol–water partition coefficient (Wildman–Crippen LogP) is 2.84. The zero-order valence-electron chi connectivity index (χ0n) is 13.2. The van der Waals surface area contributed by atoms with E-state index < -0.39 is 5.76 Å². The monoisotopic (exact) mass is 333 g/mol. The van der Waals surface area contributed by atoms with Crippen molar-refractivity contribution in [3.8, 4) is 5.69 Å². The number of benzene rings is 2. The second kappa shape index (κ2) is 6.16. The number of aromatic amines is 1. The zero-order valence-corrected chi connectivity index (χ0v) is 13.2. The first-order valence-corrected chi connectivity index (χ1v) is 7.82. The fourth-order valence-corrected chi connectivity index (χ4v) is 2.68. The Balaban J connectivity index is 1.45. The first kappa shape index (κ1) is 15.0. The van der Waals surface area contributed by atoms with Crippen molar-refractivity contribution in [2.24, 2.45) is 0 Å². The average Bonchev–Trinajstić information content (AvgIpc) is 3.28. The molecule has 0 atom stereocenters. The van der Waals surface area contributed by atoms with Crippen LogP contribution < -0.4 is 11.1 Å². The molecule has 2 N–H and O–H groups in total. The van der Waals surface area contributed by atoms with Crippen LogP contribution >= 0.6 is 0 Å². The summed E-state index contributed by atoms with van der Waals surface area (Å²) in [5.41, 5.74) is 3.56. The van der Waals surface area contributed by atoms with Crippen molar-refractivity contribution in [1.82, 2.24) is 14.9 Å². The standard InChI is InChI=1S/C19H15N3O3/c23-18(14-4-6-15(7-5-14)22-9-1-2-10-22)20-12-13-3-8-16-17(11-13)25-19(24)21-16/h1-11H,12H2,(H,20,23)(H,21,24). The van der Waals surface area contributed by atoms with Gasteiger partial charge in [0.1, 0.15) is 0 Å². The van der Waals surface area contributed by atoms with Crippen molar-refractivity contribution in [2.75, 3.05) is 0 Å². The van der Waals surface area contributed by atoms with Crippen molar-refractivity contribution >= 4 is 17.0 Å². The van der Waals surface area contributed by atoms with Gasteiger partial charge in [-0.1, -0.05) is 6.07 Å². The van der Waals surface area contributed by atoms with Gasteiger partial charge in [-0.15, -0.1) is 0 Å². The van der Waals surface area contributed by atoms with Crippen molar-refractivity contribution in [1.29, 1.82) is 0 Å². The van der Waals surface area contributed by atoms with E-state index in [0.29, 0.717) is 23.2 Å². The molecule has 6 nitrogen and oxygen atoms in total. The molecule has 0 fully saturated rings. The fraction of sp³-hybridized carbons (Fsp3) is 0.0526. The van der Waals surface area contributed by atoms with Crippen LogP contribution in [-0.2, 0) is 6.54 Å². The maximum absolute atomic E-state index is 12.3. The highest BCUT2D eigenvalue weighted by Crippen LogP contribution is 2.13. The molecular formula is C19H15N3O3. The van der Waals surface area contributed by atoms with Crippen LogP contribution in [0.15, 0.2) is 76.2 Å². The number of amides is 1. The van der Waals surface area contributed by atoms with Gasteiger partial charge in [-0.05, 0) is 54.1 Å². The van der Waals surface area contributed by atoms with E-state index in [0.717, 1.165) is 11.3 Å². The van der Waals surface area contributed by atoms with Gasteiger partial charge in [0.2, 0.25) is 0 Å². The number of hydrogen-bond acceptors (Lipinski definition) is 3. The smallest absolute Gasteiger partial charge is 0.408 e. The molecule has 0 saturated carbocycles. The molecule has 124 valence electrons. The number of oxazole rings is 1. The maximum atomic E-state index is 12.3. The second-order valence-corrected chi connectivity index (χ2v) is 5.66. The van der Waals surface area contributed by atoms with Gasteiger partial charge in [0.15, 0.2) is 5.58 Å². The molecule has 6 heteroatoms. The highest BCUT2D eigenvalue weighted by atomic mass is 16.4. The minimum atomic E-state index is -0.487. The van der Waals surface area contributed by atoms with Crippen LogP contribution in [0.1, 0.15) is 15.9 Å². The fourth-order valence-electron chi connectivity index (χ4n) is 2.68. The molecule has 25 heavy (non-hydrogen) atoms. The Labute approximate surface area is 142 Å². The zero-order chi connectivity index (χ0) is 17.2. The Morgan fingerprint density at radius 2 is 1.84 bits per heavy atom. The minimum Gasteiger partial charge on any atom is -0.408 e. The van der Waals surface area contributed by atoms with Crippen molar-refractivity contribution in [2.45, 2.75) is 6.54 Å². The third-order valence-corrected chi connectivity index (χ3v) is 3.97. The summed E-state index contributed by atoms with van der Waals surface area (Å²) in [6, 6.07) is 16.6. The van der Waals surface area contributed by atoms with E-state index in [4.69, 9.17) is 4.42 Å². The molecule has 0 spiro atoms. The molecule has 0 aliphatic carbocycles. The quantitative estimate of drug-likeness (QED) is 0.603. The molecule has 0 bridgehead atoms. The van der Waals surface area contributed by atoms with E-state index >= 15 is 0 Å². The summed E-state index contributed by atoms with van der Waals surface area (Å²) in [6.07, 6.45) is 3.90. The number of aromatic nitrogens is 2. The normalized spacial score (nSPS) is 10.9. The summed E-state index contributed by atoms with van der Waals surface area (Å²) in [7, 11) is 0. The number of fused-ring (bicyclic) bond motifs is 1. The van der Waals surface area contributed by atoms with Gasteiger partial charge in [0, 0.05) is 30.2 Å². The summed E-state index contributed by atoms with van der Waals surface area (Å²) in [5, 5.41) is 2.87. The molecule has 0 aliphatic heterocycles. The Morgan fingerprint density at radius 1 is 1.08 bits per heavy atom. The van der Waals surface area contributed by atoms with E-state index in [1.807, 2.05) is 47.3 Å². The first-order chi connectivity index (χ1) is 12.2. The number of hydrogen-bond donors (Lipinski definition) is 2. The van der Waals surface area contributed by atoms with Crippen LogP contribution in [-0.4, -0.2) is 15.5 Å². The Kier molecular flexibility index (Phi) is 3.70. The lowest BCUT2D eigenvalue weighted by Crippen LogP contribution is -2.22. The molecule has 0 unspecified atom stereocenters. The van der Waals surface area contributed by atoms with Crippen molar-refractivity contribution < 1.29 is 9.21 Å². The maximum Gasteiger partial charge on any atom is 0.417 e. The Hall–Kier alpha value is -3.54. The Morgan fingerprint density at radius 3 is 2.60 bits per heavy atom. The van der Waals surface area contributed by atoms with Crippen LogP contribution in [0, 0.1) is 0 Å². The molecule has 1 amide bonds. The lowest BCUT2D eigenvalue weighted by atomic mass is 10.1. The minimum absolute atomic E-state index is 0.158. The number of nitrogens with zero attached hydrogens (tertiary/aromatic N) is 1. The number of carbonyl (C=O) groups is 1. The predicted molar refractivity (Wildman–Crippen MR) is 93.8 cm³/mol. The van der Waals surface area contributed by atoms with Crippen LogP contribution in [0.3, 0.4) is 0 Å². The molecule has 4 rings (SSSR count). The summed E-state index contributed by atoms with van der Waals surface area (Å²) in [5.74, 6) is -0.645. The lowest BCUT2D eigenvalue weighted by molar-refractivity contribution is 0.0951. The summed E-state index contributed by atoms with van der Waals surface area (Å²) >= 11 is 0. The van der Waals surface area contributed by atoms with Gasteiger partial charge in [0.25, 0.3) is 5.91 Å². The van der Waals surface area contributed by atoms with E-state index in [1.54, 1.807) is 24.3 Å². The Bertz CT molecular complexity index is 1070. The number of carbonyl (C=O) groups excluding carboxylic acids is 1. The van der Waals surface area contributed by atoms with E-state index in [-0.39, 0.29) is 5.91 Å². The molecule has 4 aromatic rings. The number of H-pyrrole nitrogens is 1. The topological polar surface area (TPSA) is 80.0 Å². The summed E-state index contributed by atoms with van der Waals surface area (Å²) < 4.78 is 7.00. The number of nitrogens with one attached hydrogen (secondary N) is 2. The van der Waals surface area contributed by atoms with E-state index in [9.17, 15) is 9.59 Å². The highest BCUT2D eigenvalue weighted by molar-refractivity contribution is 5.94. The molecule has 0 saturated heterocycles. The van der Waals surface area contributed by atoms with Crippen LogP contribution in [0.4, 0.5) is 0 Å². The molecule has 0 radical (unpaired) electrons. The van der Waals surface area contributed by atoms with Gasteiger partial charge in [-0.3, -0.25) is 9.78 Å². The van der Waals surface area contributed by atoms with E-state index in [1.165, 1.54) is 0 Å². The average molecular weight is 333 g/mol. The number of rotatable bonds is 4. The third-order valence-electron chi connectivity index (χ3n) is 3.97. The van der Waals surface area contributed by atoms with Crippen LogP contribution in [0.2, 0.25) is 0 Å². The molecule has 2 aromatic heterocycles. The van der Waals surface area contributed by atoms with Crippen molar-refractivity contribution in [3.63, 3.8) is 0 Å². The molecule has 0 aliphatic rings. The third kappa shape index (κ3) is 3.10. The second-order valence-electron chi connectivity index (χ2n) is 5.66. The van der Waals surface area contributed by atoms with E-state index in [2.05, 4.69) is 10.3 Å². The van der Waals surface area contributed by atoms with Gasteiger partial charge in [-0.2, -0.15) is 0 Å². The lowest BCUT2D eigenvalue weighted by Gasteiger charge is -2.07.